The first-order valence-corrected chi connectivity index (χ1v) is 6.23. The molecule has 19 heavy (non-hydrogen) atoms. The molecule has 0 aliphatic carbocycles. The minimum atomic E-state index is -0.270. The fourth-order valence-electron chi connectivity index (χ4n) is 1.58. The topological polar surface area (TPSA) is 98.8 Å². The third kappa shape index (κ3) is 5.44. The van der Waals surface area contributed by atoms with Crippen LogP contribution >= 0.6 is 11.6 Å². The fourth-order valence-corrected chi connectivity index (χ4v) is 1.81. The van der Waals surface area contributed by atoms with Gasteiger partial charge in [0.2, 0.25) is 5.91 Å². The summed E-state index contributed by atoms with van der Waals surface area (Å²) in [4.78, 5) is 13.4. The molecule has 0 saturated heterocycles. The molecule has 0 radical (unpaired) electrons. The summed E-state index contributed by atoms with van der Waals surface area (Å²) in [7, 11) is 0. The van der Waals surface area contributed by atoms with Gasteiger partial charge < -0.3 is 21.3 Å². The Hall–Kier alpha value is -1.34. The molecule has 1 aromatic rings. The van der Waals surface area contributed by atoms with E-state index in [0.29, 0.717) is 29.5 Å². The van der Waals surface area contributed by atoms with Crippen molar-refractivity contribution in [2.45, 2.75) is 0 Å². The first-order valence-electron chi connectivity index (χ1n) is 5.85. The fraction of sp³-hybridized carbons (Fsp3) is 0.417. The SMILES string of the molecule is Nc1ccc(NC(=O)CN(CCO)CCO)c(Cl)c1. The van der Waals surface area contributed by atoms with Gasteiger partial charge in [-0.3, -0.25) is 9.69 Å². The van der Waals surface area contributed by atoms with Crippen LogP contribution in [0.25, 0.3) is 0 Å². The van der Waals surface area contributed by atoms with Crippen LogP contribution < -0.4 is 11.1 Å². The number of nitrogens with zero attached hydrogens (tertiary/aromatic N) is 1. The number of nitrogen functional groups attached to an aromatic ring is 1. The molecule has 0 unspecified atom stereocenters. The van der Waals surface area contributed by atoms with Crippen molar-refractivity contribution in [3.8, 4) is 0 Å². The lowest BCUT2D eigenvalue weighted by molar-refractivity contribution is -0.117. The second-order valence-corrected chi connectivity index (χ2v) is 4.42. The largest absolute Gasteiger partial charge is 0.399 e. The molecule has 0 bridgehead atoms. The van der Waals surface area contributed by atoms with E-state index in [1.54, 1.807) is 23.1 Å². The summed E-state index contributed by atoms with van der Waals surface area (Å²) in [5.74, 6) is -0.270. The van der Waals surface area contributed by atoms with Gasteiger partial charge in [0.15, 0.2) is 0 Å². The number of halogens is 1. The molecular formula is C12H18ClN3O3. The van der Waals surface area contributed by atoms with Crippen molar-refractivity contribution in [1.82, 2.24) is 4.90 Å². The lowest BCUT2D eigenvalue weighted by atomic mass is 10.3. The Labute approximate surface area is 116 Å². The van der Waals surface area contributed by atoms with Gasteiger partial charge >= 0.3 is 0 Å². The predicted octanol–water partition coefficient (Wildman–Crippen LogP) is 0.147. The Morgan fingerprint density at radius 1 is 1.32 bits per heavy atom. The zero-order chi connectivity index (χ0) is 14.3. The second-order valence-electron chi connectivity index (χ2n) is 4.01. The number of rotatable bonds is 7. The van der Waals surface area contributed by atoms with Crippen LogP contribution in [-0.4, -0.2) is 53.9 Å². The van der Waals surface area contributed by atoms with Crippen LogP contribution in [0.3, 0.4) is 0 Å². The molecule has 0 aromatic heterocycles. The molecule has 0 atom stereocenters. The van der Waals surface area contributed by atoms with Crippen LogP contribution in [0.15, 0.2) is 18.2 Å². The summed E-state index contributed by atoms with van der Waals surface area (Å²) in [6, 6.07) is 4.81. The molecule has 6 nitrogen and oxygen atoms in total. The highest BCUT2D eigenvalue weighted by Crippen LogP contribution is 2.23. The van der Waals surface area contributed by atoms with Gasteiger partial charge in [0.1, 0.15) is 0 Å². The smallest absolute Gasteiger partial charge is 0.238 e. The Morgan fingerprint density at radius 2 is 1.95 bits per heavy atom. The summed E-state index contributed by atoms with van der Waals surface area (Å²) in [5.41, 5.74) is 6.56. The normalized spacial score (nSPS) is 10.7. The van der Waals surface area contributed by atoms with E-state index in [2.05, 4.69) is 5.32 Å². The van der Waals surface area contributed by atoms with Crippen molar-refractivity contribution < 1.29 is 15.0 Å². The number of carbonyl (C=O) groups is 1. The molecule has 0 saturated carbocycles. The van der Waals surface area contributed by atoms with Crippen LogP contribution in [0.5, 0.6) is 0 Å². The van der Waals surface area contributed by atoms with E-state index in [0.717, 1.165) is 0 Å². The summed E-state index contributed by atoms with van der Waals surface area (Å²) in [6.45, 7) is 0.570. The number of hydrogen-bond acceptors (Lipinski definition) is 5. The minimum Gasteiger partial charge on any atom is -0.399 e. The maximum Gasteiger partial charge on any atom is 0.238 e. The predicted molar refractivity (Wildman–Crippen MR) is 75.1 cm³/mol. The number of aliphatic hydroxyl groups is 2. The monoisotopic (exact) mass is 287 g/mol. The molecule has 0 aliphatic heterocycles. The number of nitrogens with one attached hydrogen (secondary N) is 1. The summed E-state index contributed by atoms with van der Waals surface area (Å²) < 4.78 is 0. The standard InChI is InChI=1S/C12H18ClN3O3/c13-10-7-9(14)1-2-11(10)15-12(19)8-16(3-5-17)4-6-18/h1-2,7,17-18H,3-6,8,14H2,(H,15,19). The lowest BCUT2D eigenvalue weighted by Gasteiger charge is -2.19. The van der Waals surface area contributed by atoms with Gasteiger partial charge in [-0.1, -0.05) is 11.6 Å². The van der Waals surface area contributed by atoms with Crippen LogP contribution in [-0.2, 0) is 4.79 Å². The number of anilines is 2. The molecule has 106 valence electrons. The number of hydrogen-bond donors (Lipinski definition) is 4. The number of amides is 1. The van der Waals surface area contributed by atoms with Crippen LogP contribution in [0.2, 0.25) is 5.02 Å². The molecule has 1 rings (SSSR count). The molecule has 0 aliphatic rings. The van der Waals surface area contributed by atoms with Gasteiger partial charge in [-0.15, -0.1) is 0 Å². The van der Waals surface area contributed by atoms with E-state index in [1.807, 2.05) is 0 Å². The number of nitrogens with two attached hydrogens (primary N) is 1. The van der Waals surface area contributed by atoms with Gasteiger partial charge in [-0.05, 0) is 18.2 Å². The summed E-state index contributed by atoms with van der Waals surface area (Å²) >= 11 is 5.94. The number of carbonyl (C=O) groups excluding carboxylic acids is 1. The molecule has 0 fully saturated rings. The van der Waals surface area contributed by atoms with Gasteiger partial charge in [0.05, 0.1) is 30.5 Å². The lowest BCUT2D eigenvalue weighted by Crippen LogP contribution is -2.37. The Bertz CT molecular complexity index is 423. The Kier molecular flexibility index (Phi) is 6.58. The van der Waals surface area contributed by atoms with Crippen molar-refractivity contribution in [2.75, 3.05) is 43.9 Å². The van der Waals surface area contributed by atoms with E-state index in [1.165, 1.54) is 0 Å². The molecule has 0 spiro atoms. The molecule has 7 heteroatoms. The van der Waals surface area contributed by atoms with Crippen molar-refractivity contribution in [3.63, 3.8) is 0 Å². The second kappa shape index (κ2) is 7.96. The highest BCUT2D eigenvalue weighted by Gasteiger charge is 2.11. The van der Waals surface area contributed by atoms with Crippen LogP contribution in [0.4, 0.5) is 11.4 Å². The van der Waals surface area contributed by atoms with Crippen LogP contribution in [0.1, 0.15) is 0 Å². The zero-order valence-electron chi connectivity index (χ0n) is 10.5. The van der Waals surface area contributed by atoms with E-state index >= 15 is 0 Å². The van der Waals surface area contributed by atoms with Crippen molar-refractivity contribution in [2.24, 2.45) is 0 Å². The Balaban J connectivity index is 2.58. The minimum absolute atomic E-state index is 0.0713. The molecule has 5 N–H and O–H groups in total. The van der Waals surface area contributed by atoms with Crippen molar-refractivity contribution >= 4 is 28.9 Å². The van der Waals surface area contributed by atoms with Gasteiger partial charge in [0.25, 0.3) is 0 Å². The van der Waals surface area contributed by atoms with E-state index in [4.69, 9.17) is 27.5 Å². The van der Waals surface area contributed by atoms with Crippen molar-refractivity contribution in [3.05, 3.63) is 23.2 Å². The molecular weight excluding hydrogens is 270 g/mol. The highest BCUT2D eigenvalue weighted by molar-refractivity contribution is 6.34. The van der Waals surface area contributed by atoms with E-state index < -0.39 is 0 Å². The highest BCUT2D eigenvalue weighted by atomic mass is 35.5. The summed E-state index contributed by atoms with van der Waals surface area (Å²) in [5, 5.41) is 20.7. The van der Waals surface area contributed by atoms with E-state index in [-0.39, 0.29) is 25.7 Å². The number of benzene rings is 1. The van der Waals surface area contributed by atoms with E-state index in [9.17, 15) is 4.79 Å². The van der Waals surface area contributed by atoms with Gasteiger partial charge in [0, 0.05) is 18.8 Å². The maximum absolute atomic E-state index is 11.8. The first kappa shape index (κ1) is 15.7. The van der Waals surface area contributed by atoms with Gasteiger partial charge in [-0.25, -0.2) is 0 Å². The zero-order valence-corrected chi connectivity index (χ0v) is 11.2. The molecule has 1 aromatic carbocycles. The van der Waals surface area contributed by atoms with Crippen LogP contribution in [0, 0.1) is 0 Å². The Morgan fingerprint density at radius 3 is 2.47 bits per heavy atom. The quantitative estimate of drug-likeness (QED) is 0.535. The van der Waals surface area contributed by atoms with Gasteiger partial charge in [-0.2, -0.15) is 0 Å². The average molecular weight is 288 g/mol. The maximum atomic E-state index is 11.8. The number of aliphatic hydroxyl groups excluding tert-OH is 2. The molecule has 0 heterocycles. The third-order valence-corrected chi connectivity index (χ3v) is 2.78. The summed E-state index contributed by atoms with van der Waals surface area (Å²) in [6.07, 6.45) is 0. The third-order valence-electron chi connectivity index (χ3n) is 2.47. The van der Waals surface area contributed by atoms with Crippen molar-refractivity contribution in [1.29, 1.82) is 0 Å². The molecule has 1 amide bonds. The first-order chi connectivity index (χ1) is 9.06. The average Bonchev–Trinajstić information content (AvgIpc) is 2.33.